The maximum absolute atomic E-state index is 5.67. The zero-order valence-corrected chi connectivity index (χ0v) is 11.1. The Labute approximate surface area is 108 Å². The molecular weight excluding hydrogens is 222 g/mol. The smallest absolute Gasteiger partial charge is 0.0726 e. The summed E-state index contributed by atoms with van der Waals surface area (Å²) >= 11 is 0. The highest BCUT2D eigenvalue weighted by molar-refractivity contribution is 5.88. The van der Waals surface area contributed by atoms with Crippen LogP contribution < -0.4 is 0 Å². The van der Waals surface area contributed by atoms with Crippen molar-refractivity contribution in [2.75, 3.05) is 13.7 Å². The van der Waals surface area contributed by atoms with Gasteiger partial charge >= 0.3 is 0 Å². The van der Waals surface area contributed by atoms with Crippen LogP contribution in [0.3, 0.4) is 0 Å². The fourth-order valence-electron chi connectivity index (χ4n) is 2.85. The highest BCUT2D eigenvalue weighted by Gasteiger charge is 2.20. The van der Waals surface area contributed by atoms with E-state index in [1.165, 1.54) is 27.5 Å². The second-order valence-electron chi connectivity index (χ2n) is 5.02. The Bertz CT molecular complexity index is 577. The normalized spacial score (nSPS) is 15.2. The van der Waals surface area contributed by atoms with Crippen molar-refractivity contribution in [2.45, 2.75) is 26.6 Å². The van der Waals surface area contributed by atoms with Gasteiger partial charge in [0.05, 0.1) is 6.61 Å². The summed E-state index contributed by atoms with van der Waals surface area (Å²) < 4.78 is 5.67. The molecule has 1 aliphatic rings. The van der Waals surface area contributed by atoms with Gasteiger partial charge in [0.25, 0.3) is 0 Å². The highest BCUT2D eigenvalue weighted by Crippen LogP contribution is 2.32. The number of benzene rings is 2. The monoisotopic (exact) mass is 241 g/mol. The van der Waals surface area contributed by atoms with Crippen LogP contribution in [-0.2, 0) is 24.4 Å². The first kappa shape index (κ1) is 11.7. The second kappa shape index (κ2) is 4.71. The average molecular weight is 241 g/mol. The molecule has 2 heteroatoms. The Morgan fingerprint density at radius 2 is 2.06 bits per heavy atom. The number of hydrogen-bond acceptors (Lipinski definition) is 2. The second-order valence-corrected chi connectivity index (χ2v) is 5.02. The molecule has 0 aliphatic carbocycles. The van der Waals surface area contributed by atoms with E-state index in [1.54, 1.807) is 0 Å². The van der Waals surface area contributed by atoms with Crippen LogP contribution in [0.25, 0.3) is 10.8 Å². The molecule has 0 bridgehead atoms. The number of rotatable bonds is 3. The minimum absolute atomic E-state index is 0.730. The van der Waals surface area contributed by atoms with Gasteiger partial charge in [-0.2, -0.15) is 0 Å². The molecule has 18 heavy (non-hydrogen) atoms. The maximum Gasteiger partial charge on any atom is 0.0726 e. The van der Waals surface area contributed by atoms with E-state index in [2.05, 4.69) is 49.2 Å². The summed E-state index contributed by atoms with van der Waals surface area (Å²) in [6.45, 7) is 5.65. The van der Waals surface area contributed by atoms with Gasteiger partial charge in [0.1, 0.15) is 0 Å². The molecule has 0 atom stereocenters. The van der Waals surface area contributed by atoms with E-state index in [9.17, 15) is 0 Å². The number of fused-ring (bicyclic) bond motifs is 2. The lowest BCUT2D eigenvalue weighted by Gasteiger charge is -2.12. The Morgan fingerprint density at radius 1 is 1.22 bits per heavy atom. The fraction of sp³-hybridized carbons (Fsp3) is 0.375. The molecule has 1 heterocycles. The summed E-state index contributed by atoms with van der Waals surface area (Å²) in [6, 6.07) is 11.0. The third-order valence-corrected chi connectivity index (χ3v) is 3.69. The summed E-state index contributed by atoms with van der Waals surface area (Å²) in [4.78, 5) is 2.36. The van der Waals surface area contributed by atoms with Gasteiger partial charge in [0.2, 0.25) is 0 Å². The van der Waals surface area contributed by atoms with Gasteiger partial charge in [-0.1, -0.05) is 24.3 Å². The number of ether oxygens (including phenoxy) is 1. The molecule has 0 spiro atoms. The molecule has 94 valence electrons. The summed E-state index contributed by atoms with van der Waals surface area (Å²) in [5, 5.41) is 2.68. The summed E-state index contributed by atoms with van der Waals surface area (Å²) in [6.07, 6.45) is 0. The van der Waals surface area contributed by atoms with E-state index in [0.717, 1.165) is 26.3 Å². The Hall–Kier alpha value is -1.38. The Balaban J connectivity index is 2.18. The van der Waals surface area contributed by atoms with Crippen molar-refractivity contribution in [2.24, 2.45) is 0 Å². The van der Waals surface area contributed by atoms with E-state index < -0.39 is 0 Å². The summed E-state index contributed by atoms with van der Waals surface area (Å²) in [5.41, 5.74) is 4.32. The van der Waals surface area contributed by atoms with E-state index >= 15 is 0 Å². The molecule has 0 radical (unpaired) electrons. The van der Waals surface area contributed by atoms with E-state index in [4.69, 9.17) is 4.74 Å². The molecule has 2 aromatic rings. The van der Waals surface area contributed by atoms with Crippen LogP contribution in [0, 0.1) is 0 Å². The van der Waals surface area contributed by atoms with Crippen LogP contribution in [-0.4, -0.2) is 18.6 Å². The minimum Gasteiger partial charge on any atom is -0.377 e. The van der Waals surface area contributed by atoms with Crippen molar-refractivity contribution >= 4 is 10.8 Å². The van der Waals surface area contributed by atoms with Gasteiger partial charge in [-0.25, -0.2) is 0 Å². The molecule has 2 aromatic carbocycles. The third kappa shape index (κ3) is 1.92. The SMILES string of the molecule is CCOCc1c2c(cc3ccccc13)CN(C)C2. The van der Waals surface area contributed by atoms with Crippen LogP contribution in [0.4, 0.5) is 0 Å². The lowest BCUT2D eigenvalue weighted by atomic mass is 9.96. The highest BCUT2D eigenvalue weighted by atomic mass is 16.5. The van der Waals surface area contributed by atoms with E-state index in [0.29, 0.717) is 0 Å². The van der Waals surface area contributed by atoms with Crippen LogP contribution in [0.2, 0.25) is 0 Å². The van der Waals surface area contributed by atoms with Crippen molar-refractivity contribution < 1.29 is 4.74 Å². The summed E-state index contributed by atoms with van der Waals surface area (Å²) in [7, 11) is 2.18. The number of hydrogen-bond donors (Lipinski definition) is 0. The van der Waals surface area contributed by atoms with Crippen molar-refractivity contribution in [1.29, 1.82) is 0 Å². The quantitative estimate of drug-likeness (QED) is 0.817. The zero-order chi connectivity index (χ0) is 12.5. The van der Waals surface area contributed by atoms with Crippen LogP contribution in [0.15, 0.2) is 30.3 Å². The van der Waals surface area contributed by atoms with Gasteiger partial charge in [-0.15, -0.1) is 0 Å². The molecule has 0 fully saturated rings. The van der Waals surface area contributed by atoms with Crippen molar-refractivity contribution in [1.82, 2.24) is 4.90 Å². The van der Waals surface area contributed by atoms with Gasteiger partial charge in [0, 0.05) is 19.7 Å². The molecule has 0 unspecified atom stereocenters. The van der Waals surface area contributed by atoms with E-state index in [-0.39, 0.29) is 0 Å². The molecular formula is C16H19NO. The molecule has 2 nitrogen and oxygen atoms in total. The first-order valence-corrected chi connectivity index (χ1v) is 6.58. The molecule has 0 aromatic heterocycles. The predicted molar refractivity (Wildman–Crippen MR) is 74.4 cm³/mol. The van der Waals surface area contributed by atoms with Crippen molar-refractivity contribution in [3.05, 3.63) is 47.0 Å². The molecule has 0 saturated heterocycles. The molecule has 1 aliphatic heterocycles. The molecule has 0 saturated carbocycles. The lowest BCUT2D eigenvalue weighted by molar-refractivity contribution is 0.134. The largest absolute Gasteiger partial charge is 0.377 e. The first-order chi connectivity index (χ1) is 8.79. The van der Waals surface area contributed by atoms with Crippen LogP contribution in [0.5, 0.6) is 0 Å². The minimum atomic E-state index is 0.730. The van der Waals surface area contributed by atoms with Gasteiger partial charge < -0.3 is 4.74 Å². The van der Waals surface area contributed by atoms with Gasteiger partial charge in [-0.3, -0.25) is 4.90 Å². The Kier molecular flexibility index (Phi) is 3.06. The maximum atomic E-state index is 5.67. The van der Waals surface area contributed by atoms with Gasteiger partial charge in [-0.05, 0) is 47.5 Å². The average Bonchev–Trinajstić information content (AvgIpc) is 2.74. The fourth-order valence-corrected chi connectivity index (χ4v) is 2.85. The van der Waals surface area contributed by atoms with Gasteiger partial charge in [0.15, 0.2) is 0 Å². The van der Waals surface area contributed by atoms with Crippen molar-refractivity contribution in [3.63, 3.8) is 0 Å². The standard InChI is InChI=1S/C16H19NO/c1-3-18-11-16-14-7-5-4-6-12(14)8-13-9-17(2)10-15(13)16/h4-8H,3,9-11H2,1-2H3. The summed E-state index contributed by atoms with van der Waals surface area (Å²) in [5.74, 6) is 0. The zero-order valence-electron chi connectivity index (χ0n) is 11.1. The van der Waals surface area contributed by atoms with E-state index in [1.807, 2.05) is 0 Å². The van der Waals surface area contributed by atoms with Crippen molar-refractivity contribution in [3.8, 4) is 0 Å². The van der Waals surface area contributed by atoms with Crippen LogP contribution >= 0.6 is 0 Å². The number of nitrogens with zero attached hydrogens (tertiary/aromatic N) is 1. The van der Waals surface area contributed by atoms with Crippen LogP contribution in [0.1, 0.15) is 23.6 Å². The first-order valence-electron chi connectivity index (χ1n) is 6.58. The molecule has 3 rings (SSSR count). The molecule has 0 amide bonds. The lowest BCUT2D eigenvalue weighted by Crippen LogP contribution is -2.08. The predicted octanol–water partition coefficient (Wildman–Crippen LogP) is 3.32. The topological polar surface area (TPSA) is 12.5 Å². The Morgan fingerprint density at radius 3 is 2.89 bits per heavy atom. The third-order valence-electron chi connectivity index (χ3n) is 3.69. The molecule has 0 N–H and O–H groups in total.